The number of ketones is 1. The third-order valence-electron chi connectivity index (χ3n) is 4.12. The third-order valence-corrected chi connectivity index (χ3v) is 4.96. The van der Waals surface area contributed by atoms with E-state index in [1.54, 1.807) is 30.5 Å². The van der Waals surface area contributed by atoms with E-state index in [9.17, 15) is 9.59 Å². The predicted molar refractivity (Wildman–Crippen MR) is 111 cm³/mol. The number of anilines is 1. The first kappa shape index (κ1) is 18.4. The van der Waals surface area contributed by atoms with Gasteiger partial charge in [0.15, 0.2) is 28.9 Å². The van der Waals surface area contributed by atoms with E-state index in [1.165, 1.54) is 29.3 Å². The van der Waals surface area contributed by atoms with Gasteiger partial charge in [-0.25, -0.2) is 9.97 Å². The first-order valence-corrected chi connectivity index (χ1v) is 9.90. The number of carbonyl (C=O) groups is 2. The molecule has 1 amide bonds. The number of hydrogen-bond acceptors (Lipinski definition) is 8. The Labute approximate surface area is 177 Å². The van der Waals surface area contributed by atoms with Crippen LogP contribution in [0.25, 0.3) is 11.3 Å². The van der Waals surface area contributed by atoms with Crippen LogP contribution in [0.4, 0.5) is 5.82 Å². The zero-order valence-electron chi connectivity index (χ0n) is 17.5. The van der Waals surface area contributed by atoms with Gasteiger partial charge in [-0.3, -0.25) is 9.59 Å². The maximum absolute atomic E-state index is 12.8. The van der Waals surface area contributed by atoms with Gasteiger partial charge in [0.1, 0.15) is 17.2 Å². The molecule has 0 spiro atoms. The summed E-state index contributed by atoms with van der Waals surface area (Å²) in [4.78, 5) is 34.0. The van der Waals surface area contributed by atoms with Crippen LogP contribution in [-0.4, -0.2) is 36.7 Å². The van der Waals surface area contributed by atoms with Crippen molar-refractivity contribution in [2.24, 2.45) is 0 Å². The van der Waals surface area contributed by atoms with E-state index in [4.69, 9.17) is 5.79 Å². The number of Topliss-reactive ketones (excluding diaryl/α,β-unsaturated/α-hetero) is 1. The first-order valence-electron chi connectivity index (χ1n) is 9.52. The molecule has 0 bridgehead atoms. The maximum Gasteiger partial charge on any atom is 0.279 e. The molecule has 9 nitrogen and oxygen atoms in total. The third kappa shape index (κ3) is 4.18. The SMILES string of the molecule is [3H]c1ccc(-c2oc(C)nc2C(=O)Nc2cnn(Cc3nc(C(C)=O)cs3)n2)cc1C. The molecule has 3 heterocycles. The van der Waals surface area contributed by atoms with Gasteiger partial charge in [0.05, 0.1) is 7.57 Å². The molecule has 0 aliphatic carbocycles. The molecule has 0 atom stereocenters. The second kappa shape index (κ2) is 7.99. The van der Waals surface area contributed by atoms with E-state index < -0.39 is 5.91 Å². The Bertz CT molecular complexity index is 1290. The number of nitrogens with one attached hydrogen (secondary N) is 1. The van der Waals surface area contributed by atoms with Crippen LogP contribution in [0.2, 0.25) is 0 Å². The molecule has 152 valence electrons. The molecular weight excluding hydrogens is 404 g/mol. The molecule has 1 N–H and O–H groups in total. The van der Waals surface area contributed by atoms with Crippen LogP contribution < -0.4 is 5.32 Å². The summed E-state index contributed by atoms with van der Waals surface area (Å²) in [6, 6.07) is 5.54. The summed E-state index contributed by atoms with van der Waals surface area (Å²) in [5, 5.41) is 13.4. The molecule has 0 unspecified atom stereocenters. The van der Waals surface area contributed by atoms with Gasteiger partial charge < -0.3 is 9.73 Å². The van der Waals surface area contributed by atoms with Gasteiger partial charge in [-0.15, -0.1) is 16.4 Å². The Kier molecular flexibility index (Phi) is 4.89. The second-order valence-corrected chi connectivity index (χ2v) is 7.51. The Morgan fingerprint density at radius 3 is 2.90 bits per heavy atom. The van der Waals surface area contributed by atoms with Gasteiger partial charge >= 0.3 is 0 Å². The summed E-state index contributed by atoms with van der Waals surface area (Å²) in [5.74, 6) is 0.332. The van der Waals surface area contributed by atoms with Crippen LogP contribution in [0.5, 0.6) is 0 Å². The second-order valence-electron chi connectivity index (χ2n) is 6.57. The van der Waals surface area contributed by atoms with E-state index in [1.807, 2.05) is 6.92 Å². The number of nitrogens with zero attached hydrogens (tertiary/aromatic N) is 5. The van der Waals surface area contributed by atoms with Crippen molar-refractivity contribution in [3.05, 3.63) is 63.7 Å². The van der Waals surface area contributed by atoms with E-state index >= 15 is 0 Å². The minimum atomic E-state index is -0.486. The minimum absolute atomic E-state index is 0.102. The molecule has 0 fully saturated rings. The molecule has 4 rings (SSSR count). The Hall–Kier alpha value is -3.66. The predicted octanol–water partition coefficient (Wildman–Crippen LogP) is 3.51. The smallest absolute Gasteiger partial charge is 0.279 e. The van der Waals surface area contributed by atoms with Crippen molar-refractivity contribution in [1.29, 1.82) is 0 Å². The molecule has 4 aromatic rings. The van der Waals surface area contributed by atoms with Crippen molar-refractivity contribution in [2.75, 3.05) is 5.32 Å². The number of aromatic nitrogens is 5. The number of aryl methyl sites for hydroxylation is 2. The van der Waals surface area contributed by atoms with Gasteiger partial charge in [0.2, 0.25) is 0 Å². The lowest BCUT2D eigenvalue weighted by atomic mass is 10.1. The Morgan fingerprint density at radius 2 is 2.17 bits per heavy atom. The summed E-state index contributed by atoms with van der Waals surface area (Å²) in [7, 11) is 0. The average Bonchev–Trinajstić information content (AvgIpc) is 3.45. The van der Waals surface area contributed by atoms with Gasteiger partial charge in [-0.1, -0.05) is 23.7 Å². The van der Waals surface area contributed by atoms with Crippen molar-refractivity contribution in [3.8, 4) is 11.3 Å². The molecule has 10 heteroatoms. The average molecular weight is 424 g/mol. The quantitative estimate of drug-likeness (QED) is 0.471. The highest BCUT2D eigenvalue weighted by Crippen LogP contribution is 2.26. The molecule has 0 aliphatic heterocycles. The lowest BCUT2D eigenvalue weighted by Crippen LogP contribution is -2.14. The molecule has 0 saturated carbocycles. The normalized spacial score (nSPS) is 11.4. The highest BCUT2D eigenvalue weighted by atomic mass is 32.1. The lowest BCUT2D eigenvalue weighted by molar-refractivity contribution is 0.100. The van der Waals surface area contributed by atoms with Gasteiger partial charge in [-0.05, 0) is 13.0 Å². The highest BCUT2D eigenvalue weighted by molar-refractivity contribution is 7.09. The van der Waals surface area contributed by atoms with Crippen molar-refractivity contribution in [2.45, 2.75) is 27.3 Å². The largest absolute Gasteiger partial charge is 0.440 e. The van der Waals surface area contributed by atoms with Gasteiger partial charge in [-0.2, -0.15) is 9.90 Å². The van der Waals surface area contributed by atoms with Crippen LogP contribution >= 0.6 is 11.3 Å². The van der Waals surface area contributed by atoms with Crippen LogP contribution in [0.15, 0.2) is 40.2 Å². The molecule has 30 heavy (non-hydrogen) atoms. The first-order chi connectivity index (χ1) is 14.8. The Morgan fingerprint density at radius 1 is 1.33 bits per heavy atom. The summed E-state index contributed by atoms with van der Waals surface area (Å²) < 4.78 is 13.5. The van der Waals surface area contributed by atoms with Crippen molar-refractivity contribution < 1.29 is 15.4 Å². The standard InChI is InChI=1S/C20H18N6O3S/c1-11-5-4-6-14(7-11)19-18(22-13(3)29-19)20(28)24-16-8-21-26(25-16)9-17-23-15(10-30-17)12(2)27/h4-8,10H,9H2,1-3H3,(H,24,25,28)/i5T. The molecule has 1 aromatic carbocycles. The topological polar surface area (TPSA) is 116 Å². The molecule has 0 saturated heterocycles. The van der Waals surface area contributed by atoms with Crippen LogP contribution in [0, 0.1) is 13.8 Å². The van der Waals surface area contributed by atoms with E-state index in [-0.39, 0.29) is 23.8 Å². The van der Waals surface area contributed by atoms with E-state index in [2.05, 4.69) is 25.5 Å². The summed E-state index contributed by atoms with van der Waals surface area (Å²) in [6.45, 7) is 5.21. The fraction of sp³-hybridized carbons (Fsp3) is 0.200. The monoisotopic (exact) mass is 424 g/mol. The van der Waals surface area contributed by atoms with E-state index in [0.717, 1.165) is 5.56 Å². The number of rotatable bonds is 6. The summed E-state index contributed by atoms with van der Waals surface area (Å²) >= 11 is 1.34. The molecular formula is C20H18N6O3S. The minimum Gasteiger partial charge on any atom is -0.440 e. The van der Waals surface area contributed by atoms with Crippen molar-refractivity contribution >= 4 is 28.8 Å². The van der Waals surface area contributed by atoms with E-state index in [0.29, 0.717) is 34.0 Å². The number of oxazole rings is 1. The molecule has 0 radical (unpaired) electrons. The number of amides is 1. The van der Waals surface area contributed by atoms with Crippen molar-refractivity contribution in [3.63, 3.8) is 0 Å². The van der Waals surface area contributed by atoms with Gasteiger partial charge in [0, 0.05) is 24.8 Å². The fourth-order valence-electron chi connectivity index (χ4n) is 2.78. The molecule has 3 aromatic heterocycles. The number of hydrogen-bond donors (Lipinski definition) is 1. The van der Waals surface area contributed by atoms with Crippen LogP contribution in [0.1, 0.15) is 45.7 Å². The number of benzene rings is 1. The van der Waals surface area contributed by atoms with Crippen molar-refractivity contribution in [1.82, 2.24) is 25.0 Å². The van der Waals surface area contributed by atoms with Crippen LogP contribution in [0.3, 0.4) is 0 Å². The summed E-state index contributed by atoms with van der Waals surface area (Å²) in [5.41, 5.74) is 1.95. The number of carbonyl (C=O) groups excluding carboxylic acids is 2. The lowest BCUT2D eigenvalue weighted by Gasteiger charge is -2.02. The van der Waals surface area contributed by atoms with Crippen LogP contribution in [-0.2, 0) is 6.54 Å². The zero-order valence-corrected chi connectivity index (χ0v) is 17.3. The maximum atomic E-state index is 12.8. The highest BCUT2D eigenvalue weighted by Gasteiger charge is 2.21. The molecule has 0 aliphatic rings. The fourth-order valence-corrected chi connectivity index (χ4v) is 3.58. The zero-order chi connectivity index (χ0) is 22.1. The summed E-state index contributed by atoms with van der Waals surface area (Å²) in [6.07, 6.45) is 1.42. The number of thiazole rings is 1. The Balaban J connectivity index is 1.51. The van der Waals surface area contributed by atoms with Gasteiger partial charge in [0.25, 0.3) is 5.91 Å².